The van der Waals surface area contributed by atoms with Crippen LogP contribution in [0.5, 0.6) is 0 Å². The fourth-order valence-corrected chi connectivity index (χ4v) is 8.13. The summed E-state index contributed by atoms with van der Waals surface area (Å²) in [6.45, 7) is 0.0744. The molecule has 1 unspecified atom stereocenters. The Bertz CT molecular complexity index is 2410. The van der Waals surface area contributed by atoms with Crippen LogP contribution < -0.4 is 10.6 Å². The molecule has 0 amide bonds. The first-order valence-electron chi connectivity index (χ1n) is 15.3. The number of benzene rings is 4. The van der Waals surface area contributed by atoms with Gasteiger partial charge >= 0.3 is 0 Å². The smallest absolute Gasteiger partial charge is 0.0832 e. The quantitative estimate of drug-likeness (QED) is 0.102. The maximum absolute atomic E-state index is 12.2. The highest BCUT2D eigenvalue weighted by Crippen LogP contribution is 2.32. The highest BCUT2D eigenvalue weighted by atomic mass is 32.2. The Morgan fingerprint density at radius 3 is 1.82 bits per heavy atom. The van der Waals surface area contributed by atoms with Crippen molar-refractivity contribution in [1.29, 1.82) is 0 Å². The van der Waals surface area contributed by atoms with Gasteiger partial charge in [-0.2, -0.15) is 0 Å². The van der Waals surface area contributed by atoms with Gasteiger partial charge in [-0.1, -0.05) is 0 Å². The third-order valence-corrected chi connectivity index (χ3v) is 11.5. The first-order valence-corrected chi connectivity index (χ1v) is 19.4. The predicted molar refractivity (Wildman–Crippen MR) is 205 cm³/mol. The molecule has 0 saturated heterocycles. The number of thiazole rings is 2. The van der Waals surface area contributed by atoms with Crippen molar-refractivity contribution in [3.8, 4) is 0 Å². The van der Waals surface area contributed by atoms with E-state index in [2.05, 4.69) is 54.8 Å². The van der Waals surface area contributed by atoms with Crippen molar-refractivity contribution < 1.29 is 14.4 Å². The van der Waals surface area contributed by atoms with Crippen LogP contribution in [0.1, 0.15) is 0 Å². The van der Waals surface area contributed by atoms with E-state index < -0.39 is 10.8 Å². The van der Waals surface area contributed by atoms with Crippen LogP contribution in [0.3, 0.4) is 0 Å². The first kappa shape index (κ1) is 33.0. The SMILES string of the molecule is O=S(CCO)c1ccc2nccc(Nc3ccc4scnc4c3)c2c1.OCCSc1ccc2nccc(Nc3ccc4scnc4c3)c2c1. The lowest BCUT2D eigenvalue weighted by molar-refractivity contribution is 0.321. The van der Waals surface area contributed by atoms with Gasteiger partial charge in [0.1, 0.15) is 0 Å². The number of nitrogens with zero attached hydrogens (tertiary/aromatic N) is 4. The second-order valence-electron chi connectivity index (χ2n) is 10.7. The van der Waals surface area contributed by atoms with Crippen molar-refractivity contribution in [2.75, 3.05) is 35.4 Å². The number of nitrogens with one attached hydrogen (secondary N) is 2. The van der Waals surface area contributed by atoms with Crippen LogP contribution in [0.15, 0.2) is 118 Å². The van der Waals surface area contributed by atoms with Gasteiger partial charge in [-0.25, -0.2) is 9.97 Å². The number of rotatable bonds is 10. The molecular formula is C36H30N6O3S4. The topological polar surface area (TPSA) is 133 Å². The molecule has 0 aliphatic carbocycles. The minimum Gasteiger partial charge on any atom is -0.396 e. The number of hydrogen-bond donors (Lipinski definition) is 4. The lowest BCUT2D eigenvalue weighted by Crippen LogP contribution is -2.02. The summed E-state index contributed by atoms with van der Waals surface area (Å²) in [7, 11) is -1.22. The van der Waals surface area contributed by atoms with Crippen LogP contribution in [-0.2, 0) is 10.8 Å². The van der Waals surface area contributed by atoms with E-state index in [4.69, 9.17) is 10.2 Å². The lowest BCUT2D eigenvalue weighted by atomic mass is 10.2. The molecule has 9 nitrogen and oxygen atoms in total. The van der Waals surface area contributed by atoms with Crippen LogP contribution in [0, 0.1) is 0 Å². The molecule has 0 aliphatic rings. The molecule has 0 bridgehead atoms. The molecular weight excluding hydrogens is 693 g/mol. The Labute approximate surface area is 296 Å². The molecule has 246 valence electrons. The van der Waals surface area contributed by atoms with Crippen molar-refractivity contribution in [3.63, 3.8) is 0 Å². The maximum atomic E-state index is 12.2. The molecule has 4 aromatic heterocycles. The highest BCUT2D eigenvalue weighted by molar-refractivity contribution is 7.99. The Hall–Kier alpha value is -4.50. The zero-order chi connectivity index (χ0) is 33.6. The molecule has 4 N–H and O–H groups in total. The summed E-state index contributed by atoms with van der Waals surface area (Å²) in [6, 6.07) is 27.9. The Morgan fingerprint density at radius 1 is 0.633 bits per heavy atom. The van der Waals surface area contributed by atoms with Gasteiger partial charge in [0.15, 0.2) is 0 Å². The summed E-state index contributed by atoms with van der Waals surface area (Å²) in [5, 5.41) is 26.9. The zero-order valence-electron chi connectivity index (χ0n) is 25.9. The van der Waals surface area contributed by atoms with Crippen LogP contribution >= 0.6 is 34.4 Å². The monoisotopic (exact) mass is 722 g/mol. The average molecular weight is 723 g/mol. The fraction of sp³-hybridized carbons (Fsp3) is 0.111. The van der Waals surface area contributed by atoms with Crippen molar-refractivity contribution >= 4 is 110 Å². The average Bonchev–Trinajstić information content (AvgIpc) is 3.81. The number of aromatic nitrogens is 4. The molecule has 0 spiro atoms. The molecule has 13 heteroatoms. The Balaban J connectivity index is 0.000000154. The van der Waals surface area contributed by atoms with E-state index in [1.165, 1.54) is 4.70 Å². The zero-order valence-corrected chi connectivity index (χ0v) is 29.2. The second kappa shape index (κ2) is 15.4. The fourth-order valence-electron chi connectivity index (χ4n) is 5.25. The highest BCUT2D eigenvalue weighted by Gasteiger charge is 2.10. The van der Waals surface area contributed by atoms with E-state index in [1.807, 2.05) is 71.8 Å². The van der Waals surface area contributed by atoms with E-state index in [0.29, 0.717) is 10.6 Å². The molecule has 0 fully saturated rings. The van der Waals surface area contributed by atoms with Crippen LogP contribution in [0.25, 0.3) is 42.2 Å². The summed E-state index contributed by atoms with van der Waals surface area (Å²) in [5.41, 5.74) is 11.3. The minimum absolute atomic E-state index is 0.101. The molecule has 49 heavy (non-hydrogen) atoms. The first-order chi connectivity index (χ1) is 24.1. The molecule has 0 radical (unpaired) electrons. The van der Waals surface area contributed by atoms with Gasteiger partial charge in [-0.15, -0.1) is 34.4 Å². The molecule has 0 saturated carbocycles. The molecule has 8 rings (SSSR count). The van der Waals surface area contributed by atoms with Crippen molar-refractivity contribution in [2.24, 2.45) is 0 Å². The molecule has 4 aromatic carbocycles. The lowest BCUT2D eigenvalue weighted by Gasteiger charge is -2.11. The van der Waals surface area contributed by atoms with Gasteiger partial charge in [0.25, 0.3) is 0 Å². The minimum atomic E-state index is -1.22. The van der Waals surface area contributed by atoms with E-state index in [0.717, 1.165) is 65.2 Å². The van der Waals surface area contributed by atoms with Gasteiger partial charge < -0.3 is 20.8 Å². The summed E-state index contributed by atoms with van der Waals surface area (Å²) in [5.74, 6) is 0.921. The van der Waals surface area contributed by atoms with E-state index >= 15 is 0 Å². The third kappa shape index (κ3) is 7.72. The van der Waals surface area contributed by atoms with Crippen LogP contribution in [0.4, 0.5) is 22.7 Å². The number of aliphatic hydroxyl groups excluding tert-OH is 2. The third-order valence-electron chi connectivity index (χ3n) is 7.54. The van der Waals surface area contributed by atoms with Crippen LogP contribution in [-0.4, -0.2) is 59.1 Å². The Kier molecular flexibility index (Phi) is 10.4. The van der Waals surface area contributed by atoms with Crippen LogP contribution in [0.2, 0.25) is 0 Å². The van der Waals surface area contributed by atoms with Crippen molar-refractivity contribution in [1.82, 2.24) is 19.9 Å². The summed E-state index contributed by atoms with van der Waals surface area (Å²) >= 11 is 4.89. The summed E-state index contributed by atoms with van der Waals surface area (Å²) in [6.07, 6.45) is 3.56. The largest absolute Gasteiger partial charge is 0.396 e. The molecule has 8 aromatic rings. The van der Waals surface area contributed by atoms with Gasteiger partial charge in [0, 0.05) is 61.5 Å². The summed E-state index contributed by atoms with van der Waals surface area (Å²) in [4.78, 5) is 19.3. The van der Waals surface area contributed by atoms with Gasteiger partial charge in [-0.3, -0.25) is 14.2 Å². The van der Waals surface area contributed by atoms with E-state index in [9.17, 15) is 4.21 Å². The Morgan fingerprint density at radius 2 is 1.22 bits per heavy atom. The molecule has 0 aliphatic heterocycles. The number of fused-ring (bicyclic) bond motifs is 4. The molecule has 4 heterocycles. The number of anilines is 4. The second-order valence-corrected chi connectivity index (χ2v) is 15.3. The maximum Gasteiger partial charge on any atom is 0.0832 e. The van der Waals surface area contributed by atoms with Gasteiger partial charge in [0.2, 0.25) is 0 Å². The number of pyridine rings is 2. The number of hydrogen-bond acceptors (Lipinski definition) is 12. The predicted octanol–water partition coefficient (Wildman–Crippen LogP) is 8.36. The van der Waals surface area contributed by atoms with E-state index in [-0.39, 0.29) is 19.0 Å². The normalized spacial score (nSPS) is 11.9. The van der Waals surface area contributed by atoms with Gasteiger partial charge in [0.05, 0.1) is 72.3 Å². The number of thioether (sulfide) groups is 1. The standard InChI is InChI=1S/C18H15N3O2S2.C18H15N3OS2/c22-7-8-25(23)13-2-3-15-14(10-13)16(5-6-19-15)21-12-1-4-18-17(9-12)20-11-24-18;22-7-8-23-13-2-3-15-14(10-13)16(5-6-19-15)21-12-1-4-18-17(9-12)20-11-24-18/h1-6,9-11,22H,7-8H2,(H,19,21);1-6,9-11,22H,7-8H2,(H,19,21). The van der Waals surface area contributed by atoms with Gasteiger partial charge in [-0.05, 0) is 84.9 Å². The van der Waals surface area contributed by atoms with Crippen molar-refractivity contribution in [2.45, 2.75) is 9.79 Å². The van der Waals surface area contributed by atoms with E-state index in [1.54, 1.807) is 46.7 Å². The van der Waals surface area contributed by atoms with Crippen molar-refractivity contribution in [3.05, 3.63) is 108 Å². The molecule has 1 atom stereocenters. The number of aliphatic hydroxyl groups is 2. The summed E-state index contributed by atoms with van der Waals surface area (Å²) < 4.78 is 14.5.